The lowest BCUT2D eigenvalue weighted by Gasteiger charge is -2.34. The fourth-order valence-corrected chi connectivity index (χ4v) is 3.72. The quantitative estimate of drug-likeness (QED) is 0.848. The van der Waals surface area contributed by atoms with E-state index >= 15 is 0 Å². The molecule has 0 aliphatic heterocycles. The Balaban J connectivity index is 1.66. The molecule has 0 atom stereocenters. The van der Waals surface area contributed by atoms with Gasteiger partial charge in [-0.1, -0.05) is 32.0 Å². The minimum atomic E-state index is -0.416. The first-order valence-electron chi connectivity index (χ1n) is 9.43. The minimum Gasteiger partial charge on any atom is -0.366 e. The Bertz CT molecular complexity index is 788. The van der Waals surface area contributed by atoms with Gasteiger partial charge in [0, 0.05) is 29.9 Å². The molecule has 4 nitrogen and oxygen atoms in total. The average molecular weight is 351 g/mol. The van der Waals surface area contributed by atoms with Gasteiger partial charge in [0.2, 0.25) is 5.91 Å². The summed E-state index contributed by atoms with van der Waals surface area (Å²) in [4.78, 5) is 16.0. The third-order valence-corrected chi connectivity index (χ3v) is 5.49. The number of amides is 1. The molecule has 1 aromatic carbocycles. The molecule has 26 heavy (non-hydrogen) atoms. The summed E-state index contributed by atoms with van der Waals surface area (Å²) in [5, 5.41) is 3.68. The topological polar surface area (TPSA) is 68.0 Å². The van der Waals surface area contributed by atoms with Gasteiger partial charge in [0.25, 0.3) is 0 Å². The number of carbonyl (C=O) groups excluding carboxylic acids is 1. The third-order valence-electron chi connectivity index (χ3n) is 5.49. The van der Waals surface area contributed by atoms with Crippen LogP contribution < -0.4 is 11.1 Å². The molecule has 4 heteroatoms. The first-order chi connectivity index (χ1) is 12.3. The summed E-state index contributed by atoms with van der Waals surface area (Å²) in [6, 6.07) is 10.1. The monoisotopic (exact) mass is 351 g/mol. The predicted octanol–water partition coefficient (Wildman–Crippen LogP) is 4.21. The van der Waals surface area contributed by atoms with E-state index in [1.165, 1.54) is 31.2 Å². The van der Waals surface area contributed by atoms with Crippen molar-refractivity contribution in [1.82, 2.24) is 10.3 Å². The second-order valence-corrected chi connectivity index (χ2v) is 8.27. The van der Waals surface area contributed by atoms with Crippen LogP contribution in [0.25, 0.3) is 11.3 Å². The highest BCUT2D eigenvalue weighted by Gasteiger charge is 2.26. The molecule has 1 aliphatic carbocycles. The Labute approximate surface area is 156 Å². The standard InChI is InChI=1S/C22H29N3O/c1-15-11-16(13-24-19-7-9-22(2,3)10-8-19)14-25-20(15)17-5-4-6-18(12-17)21(23)26/h4-6,11-12,14,19,24H,7-10,13H2,1-3H3,(H2,23,26). The first-order valence-corrected chi connectivity index (χ1v) is 9.43. The van der Waals surface area contributed by atoms with E-state index in [-0.39, 0.29) is 0 Å². The van der Waals surface area contributed by atoms with Crippen LogP contribution in [0.15, 0.2) is 36.5 Å². The molecule has 3 N–H and O–H groups in total. The van der Waals surface area contributed by atoms with Crippen LogP contribution in [0.2, 0.25) is 0 Å². The van der Waals surface area contributed by atoms with E-state index in [4.69, 9.17) is 5.73 Å². The zero-order valence-corrected chi connectivity index (χ0v) is 16.0. The SMILES string of the molecule is Cc1cc(CNC2CCC(C)(C)CC2)cnc1-c1cccc(C(N)=O)c1. The summed E-state index contributed by atoms with van der Waals surface area (Å²) >= 11 is 0. The molecule has 1 aliphatic rings. The summed E-state index contributed by atoms with van der Waals surface area (Å²) in [6.45, 7) is 7.64. The van der Waals surface area contributed by atoms with E-state index in [2.05, 4.69) is 37.1 Å². The van der Waals surface area contributed by atoms with E-state index in [1.54, 1.807) is 12.1 Å². The van der Waals surface area contributed by atoms with Crippen molar-refractivity contribution in [3.63, 3.8) is 0 Å². The lowest BCUT2D eigenvalue weighted by molar-refractivity contribution is 0.100. The molecule has 2 aromatic rings. The zero-order chi connectivity index (χ0) is 18.7. The van der Waals surface area contributed by atoms with Gasteiger partial charge in [0.15, 0.2) is 0 Å². The lowest BCUT2D eigenvalue weighted by Crippen LogP contribution is -2.35. The van der Waals surface area contributed by atoms with Crippen LogP contribution in [0.5, 0.6) is 0 Å². The van der Waals surface area contributed by atoms with E-state index < -0.39 is 5.91 Å². The lowest BCUT2D eigenvalue weighted by atomic mass is 9.75. The maximum atomic E-state index is 11.4. The molecule has 0 radical (unpaired) electrons. The zero-order valence-electron chi connectivity index (χ0n) is 16.0. The maximum Gasteiger partial charge on any atom is 0.248 e. The average Bonchev–Trinajstić information content (AvgIpc) is 2.61. The molecule has 0 bridgehead atoms. The number of nitrogens with one attached hydrogen (secondary N) is 1. The first kappa shape index (κ1) is 18.6. The maximum absolute atomic E-state index is 11.4. The van der Waals surface area contributed by atoms with Crippen molar-refractivity contribution in [2.45, 2.75) is 59.0 Å². The second kappa shape index (κ2) is 7.58. The van der Waals surface area contributed by atoms with Gasteiger partial charge >= 0.3 is 0 Å². The summed E-state index contributed by atoms with van der Waals surface area (Å²) in [6.07, 6.45) is 7.00. The molecular weight excluding hydrogens is 322 g/mol. The van der Waals surface area contributed by atoms with Gasteiger partial charge < -0.3 is 11.1 Å². The van der Waals surface area contributed by atoms with Crippen LogP contribution in [-0.4, -0.2) is 16.9 Å². The van der Waals surface area contributed by atoms with Crippen LogP contribution >= 0.6 is 0 Å². The third kappa shape index (κ3) is 4.50. The Hall–Kier alpha value is -2.20. The summed E-state index contributed by atoms with van der Waals surface area (Å²) < 4.78 is 0. The van der Waals surface area contributed by atoms with Crippen LogP contribution in [0, 0.1) is 12.3 Å². The number of hydrogen-bond acceptors (Lipinski definition) is 3. The molecule has 0 saturated heterocycles. The molecule has 0 spiro atoms. The molecule has 1 heterocycles. The smallest absolute Gasteiger partial charge is 0.248 e. The highest BCUT2D eigenvalue weighted by molar-refractivity contribution is 5.94. The molecule has 138 valence electrons. The highest BCUT2D eigenvalue weighted by Crippen LogP contribution is 2.35. The Morgan fingerprint density at radius 3 is 2.65 bits per heavy atom. The van der Waals surface area contributed by atoms with E-state index in [9.17, 15) is 4.79 Å². The van der Waals surface area contributed by atoms with E-state index in [0.29, 0.717) is 17.0 Å². The van der Waals surface area contributed by atoms with Crippen molar-refractivity contribution < 1.29 is 4.79 Å². The van der Waals surface area contributed by atoms with Crippen LogP contribution in [-0.2, 0) is 6.54 Å². The van der Waals surface area contributed by atoms with Crippen molar-refractivity contribution >= 4 is 5.91 Å². The van der Waals surface area contributed by atoms with E-state index in [1.807, 2.05) is 18.3 Å². The van der Waals surface area contributed by atoms with Gasteiger partial charge in [-0.15, -0.1) is 0 Å². The Morgan fingerprint density at radius 2 is 2.00 bits per heavy atom. The number of nitrogens with zero attached hydrogens (tertiary/aromatic N) is 1. The molecule has 1 aromatic heterocycles. The molecule has 1 fully saturated rings. The second-order valence-electron chi connectivity index (χ2n) is 8.27. The number of aromatic nitrogens is 1. The van der Waals surface area contributed by atoms with Gasteiger partial charge in [-0.05, 0) is 61.3 Å². The van der Waals surface area contributed by atoms with Crippen molar-refractivity contribution in [3.05, 3.63) is 53.2 Å². The number of carbonyl (C=O) groups is 1. The van der Waals surface area contributed by atoms with Crippen LogP contribution in [0.1, 0.15) is 61.0 Å². The van der Waals surface area contributed by atoms with Crippen molar-refractivity contribution in [2.75, 3.05) is 0 Å². The largest absolute Gasteiger partial charge is 0.366 e. The van der Waals surface area contributed by atoms with Crippen molar-refractivity contribution in [1.29, 1.82) is 0 Å². The van der Waals surface area contributed by atoms with Crippen molar-refractivity contribution in [3.8, 4) is 11.3 Å². The van der Waals surface area contributed by atoms with Gasteiger partial charge in [0.1, 0.15) is 0 Å². The van der Waals surface area contributed by atoms with Gasteiger partial charge in [-0.25, -0.2) is 0 Å². The molecule has 0 unspecified atom stereocenters. The number of pyridine rings is 1. The van der Waals surface area contributed by atoms with Gasteiger partial charge in [-0.3, -0.25) is 9.78 Å². The number of aryl methyl sites for hydroxylation is 1. The molecule has 1 saturated carbocycles. The number of rotatable bonds is 5. The fraction of sp³-hybridized carbons (Fsp3) is 0.455. The molecular formula is C22H29N3O. The molecule has 1 amide bonds. The number of benzene rings is 1. The number of primary amides is 1. The van der Waals surface area contributed by atoms with Crippen LogP contribution in [0.3, 0.4) is 0 Å². The van der Waals surface area contributed by atoms with Crippen LogP contribution in [0.4, 0.5) is 0 Å². The molecule has 3 rings (SSSR count). The highest BCUT2D eigenvalue weighted by atomic mass is 16.1. The number of hydrogen-bond donors (Lipinski definition) is 2. The van der Waals surface area contributed by atoms with Gasteiger partial charge in [0.05, 0.1) is 5.69 Å². The van der Waals surface area contributed by atoms with E-state index in [0.717, 1.165) is 23.4 Å². The Morgan fingerprint density at radius 1 is 1.27 bits per heavy atom. The van der Waals surface area contributed by atoms with Crippen molar-refractivity contribution in [2.24, 2.45) is 11.1 Å². The number of nitrogens with two attached hydrogens (primary N) is 1. The summed E-state index contributed by atoms with van der Waals surface area (Å²) in [5.41, 5.74) is 10.5. The Kier molecular flexibility index (Phi) is 5.42. The van der Waals surface area contributed by atoms with Gasteiger partial charge in [-0.2, -0.15) is 0 Å². The minimum absolute atomic E-state index is 0.416. The fourth-order valence-electron chi connectivity index (χ4n) is 3.72. The summed E-state index contributed by atoms with van der Waals surface area (Å²) in [7, 11) is 0. The predicted molar refractivity (Wildman–Crippen MR) is 106 cm³/mol. The normalized spacial score (nSPS) is 17.2. The summed E-state index contributed by atoms with van der Waals surface area (Å²) in [5.74, 6) is -0.416.